The van der Waals surface area contributed by atoms with Gasteiger partial charge in [0.1, 0.15) is 11.5 Å². The molecule has 1 saturated heterocycles. The second-order valence-corrected chi connectivity index (χ2v) is 4.64. The number of rotatable bonds is 4. The molecule has 1 N–H and O–H groups in total. The van der Waals surface area contributed by atoms with Gasteiger partial charge >= 0.3 is 0 Å². The van der Waals surface area contributed by atoms with Crippen molar-refractivity contribution in [2.24, 2.45) is 7.05 Å². The van der Waals surface area contributed by atoms with Crippen molar-refractivity contribution in [1.29, 1.82) is 0 Å². The lowest BCUT2D eigenvalue weighted by molar-refractivity contribution is -0.0467. The predicted octanol–water partition coefficient (Wildman–Crippen LogP) is 1.96. The molecule has 0 radical (unpaired) electrons. The van der Waals surface area contributed by atoms with Gasteiger partial charge in [0.2, 0.25) is 6.29 Å². The van der Waals surface area contributed by atoms with Crippen LogP contribution in [-0.2, 0) is 16.5 Å². The molecule has 1 aliphatic heterocycles. The van der Waals surface area contributed by atoms with Gasteiger partial charge in [0.05, 0.1) is 19.4 Å². The van der Waals surface area contributed by atoms with E-state index in [2.05, 4.69) is 15.4 Å². The number of nitrogens with zero attached hydrogens (tertiary/aromatic N) is 3. The van der Waals surface area contributed by atoms with E-state index in [0.717, 1.165) is 29.2 Å². The number of hydrogen-bond acceptors (Lipinski definition) is 5. The van der Waals surface area contributed by atoms with Crippen molar-refractivity contribution >= 4 is 5.82 Å². The summed E-state index contributed by atoms with van der Waals surface area (Å²) in [7, 11) is 1.90. The predicted molar refractivity (Wildman–Crippen MR) is 75.2 cm³/mol. The highest BCUT2D eigenvalue weighted by molar-refractivity contribution is 5.66. The zero-order valence-corrected chi connectivity index (χ0v) is 11.7. The molecule has 20 heavy (non-hydrogen) atoms. The Bertz CT molecular complexity index is 591. The standard InChI is InChI=1S/C14H18N4O2/c1-3-15-12-5-4-11(10-8-16-18(2)9-10)13(17-12)14-19-6-7-20-14/h4-5,8-9,14H,3,6-7H2,1-2H3,(H,15,17). The SMILES string of the molecule is CCNc1ccc(-c2cnn(C)c2)c(C2OCCO2)n1. The number of aromatic nitrogens is 3. The molecule has 3 rings (SSSR count). The van der Waals surface area contributed by atoms with E-state index < -0.39 is 6.29 Å². The van der Waals surface area contributed by atoms with Crippen LogP contribution in [0.2, 0.25) is 0 Å². The summed E-state index contributed by atoms with van der Waals surface area (Å²) in [6.45, 7) is 4.07. The lowest BCUT2D eigenvalue weighted by Gasteiger charge is -2.14. The van der Waals surface area contributed by atoms with Gasteiger partial charge in [-0.2, -0.15) is 5.10 Å². The van der Waals surface area contributed by atoms with Gasteiger partial charge in [-0.3, -0.25) is 4.68 Å². The molecule has 1 aliphatic rings. The normalized spacial score (nSPS) is 15.7. The highest BCUT2D eigenvalue weighted by Gasteiger charge is 2.24. The van der Waals surface area contributed by atoms with Gasteiger partial charge < -0.3 is 14.8 Å². The van der Waals surface area contributed by atoms with Gasteiger partial charge in [0.25, 0.3) is 0 Å². The number of nitrogens with one attached hydrogen (secondary N) is 1. The van der Waals surface area contributed by atoms with Crippen LogP contribution in [0.15, 0.2) is 24.5 Å². The fourth-order valence-corrected chi connectivity index (χ4v) is 2.25. The van der Waals surface area contributed by atoms with Gasteiger partial charge in [-0.1, -0.05) is 0 Å². The van der Waals surface area contributed by atoms with Crippen LogP contribution in [0, 0.1) is 0 Å². The van der Waals surface area contributed by atoms with Crippen LogP contribution in [0.4, 0.5) is 5.82 Å². The number of pyridine rings is 1. The fourth-order valence-electron chi connectivity index (χ4n) is 2.25. The quantitative estimate of drug-likeness (QED) is 0.923. The van der Waals surface area contributed by atoms with Gasteiger partial charge in [-0.25, -0.2) is 4.98 Å². The van der Waals surface area contributed by atoms with Crippen molar-refractivity contribution in [1.82, 2.24) is 14.8 Å². The van der Waals surface area contributed by atoms with E-state index in [4.69, 9.17) is 9.47 Å². The summed E-state index contributed by atoms with van der Waals surface area (Å²) in [4.78, 5) is 4.63. The smallest absolute Gasteiger partial charge is 0.201 e. The Kier molecular flexibility index (Phi) is 3.66. The minimum Gasteiger partial charge on any atom is -0.370 e. The van der Waals surface area contributed by atoms with Crippen LogP contribution in [0.25, 0.3) is 11.1 Å². The van der Waals surface area contributed by atoms with E-state index in [-0.39, 0.29) is 0 Å². The van der Waals surface area contributed by atoms with E-state index in [9.17, 15) is 0 Å². The molecule has 0 atom stereocenters. The molecule has 1 fully saturated rings. The van der Waals surface area contributed by atoms with E-state index in [1.54, 1.807) is 4.68 Å². The monoisotopic (exact) mass is 274 g/mol. The molecule has 0 aromatic carbocycles. The molecule has 0 aliphatic carbocycles. The fraction of sp³-hybridized carbons (Fsp3) is 0.429. The lowest BCUT2D eigenvalue weighted by atomic mass is 10.1. The summed E-state index contributed by atoms with van der Waals surface area (Å²) in [6, 6.07) is 3.99. The van der Waals surface area contributed by atoms with Crippen LogP contribution >= 0.6 is 0 Å². The molecular weight excluding hydrogens is 256 g/mol. The number of aryl methyl sites for hydroxylation is 1. The number of hydrogen-bond donors (Lipinski definition) is 1. The lowest BCUT2D eigenvalue weighted by Crippen LogP contribution is -2.07. The molecule has 6 heteroatoms. The second-order valence-electron chi connectivity index (χ2n) is 4.64. The molecule has 0 saturated carbocycles. The molecular formula is C14H18N4O2. The second kappa shape index (κ2) is 5.60. The molecule has 0 unspecified atom stereocenters. The van der Waals surface area contributed by atoms with Crippen molar-refractivity contribution in [2.45, 2.75) is 13.2 Å². The summed E-state index contributed by atoms with van der Waals surface area (Å²) >= 11 is 0. The van der Waals surface area contributed by atoms with E-state index >= 15 is 0 Å². The Morgan fingerprint density at radius 2 is 2.15 bits per heavy atom. The molecule has 0 amide bonds. The first-order chi connectivity index (χ1) is 9.78. The molecule has 106 valence electrons. The van der Waals surface area contributed by atoms with Crippen molar-refractivity contribution in [2.75, 3.05) is 25.1 Å². The minimum atomic E-state index is -0.399. The third-order valence-corrected chi connectivity index (χ3v) is 3.14. The Morgan fingerprint density at radius 1 is 1.35 bits per heavy atom. The summed E-state index contributed by atoms with van der Waals surface area (Å²) in [5, 5.41) is 7.42. The average Bonchev–Trinajstić information content (AvgIpc) is 3.10. The van der Waals surface area contributed by atoms with E-state index in [0.29, 0.717) is 13.2 Å². The largest absolute Gasteiger partial charge is 0.370 e. The van der Waals surface area contributed by atoms with Crippen molar-refractivity contribution in [3.05, 3.63) is 30.2 Å². The van der Waals surface area contributed by atoms with Crippen LogP contribution in [0.3, 0.4) is 0 Å². The topological polar surface area (TPSA) is 61.2 Å². The Balaban J connectivity index is 2.03. The van der Waals surface area contributed by atoms with Crippen LogP contribution in [0.1, 0.15) is 18.9 Å². The first-order valence-corrected chi connectivity index (χ1v) is 6.75. The highest BCUT2D eigenvalue weighted by Crippen LogP contribution is 2.32. The average molecular weight is 274 g/mol. The highest BCUT2D eigenvalue weighted by atomic mass is 16.7. The van der Waals surface area contributed by atoms with Crippen LogP contribution < -0.4 is 5.32 Å². The maximum atomic E-state index is 5.60. The van der Waals surface area contributed by atoms with E-state index in [1.165, 1.54) is 0 Å². The third kappa shape index (κ3) is 2.52. The Labute approximate surface area is 117 Å². The third-order valence-electron chi connectivity index (χ3n) is 3.14. The number of ether oxygens (including phenoxy) is 2. The zero-order chi connectivity index (χ0) is 13.9. The maximum Gasteiger partial charge on any atom is 0.201 e. The zero-order valence-electron chi connectivity index (χ0n) is 11.7. The first kappa shape index (κ1) is 13.1. The van der Waals surface area contributed by atoms with Gasteiger partial charge in [-0.15, -0.1) is 0 Å². The maximum absolute atomic E-state index is 5.60. The van der Waals surface area contributed by atoms with Crippen molar-refractivity contribution in [3.63, 3.8) is 0 Å². The van der Waals surface area contributed by atoms with Crippen LogP contribution in [0.5, 0.6) is 0 Å². The Hall–Kier alpha value is -1.92. The van der Waals surface area contributed by atoms with Gasteiger partial charge in [-0.05, 0) is 19.1 Å². The summed E-state index contributed by atoms with van der Waals surface area (Å²) in [5.41, 5.74) is 2.80. The van der Waals surface area contributed by atoms with Crippen LogP contribution in [-0.4, -0.2) is 34.5 Å². The molecule has 2 aromatic heterocycles. The summed E-state index contributed by atoms with van der Waals surface area (Å²) < 4.78 is 13.0. The van der Waals surface area contributed by atoms with E-state index in [1.807, 2.05) is 38.5 Å². The Morgan fingerprint density at radius 3 is 2.80 bits per heavy atom. The molecule has 0 bridgehead atoms. The van der Waals surface area contributed by atoms with Crippen molar-refractivity contribution < 1.29 is 9.47 Å². The number of anilines is 1. The molecule has 3 heterocycles. The molecule has 0 spiro atoms. The van der Waals surface area contributed by atoms with Crippen molar-refractivity contribution in [3.8, 4) is 11.1 Å². The van der Waals surface area contributed by atoms with Gasteiger partial charge in [0, 0.05) is 30.9 Å². The van der Waals surface area contributed by atoms with Gasteiger partial charge in [0.15, 0.2) is 0 Å². The molecule has 2 aromatic rings. The molecule has 6 nitrogen and oxygen atoms in total. The minimum absolute atomic E-state index is 0.399. The summed E-state index contributed by atoms with van der Waals surface area (Å²) in [5.74, 6) is 0.828. The first-order valence-electron chi connectivity index (χ1n) is 6.75. The summed E-state index contributed by atoms with van der Waals surface area (Å²) in [6.07, 6.45) is 3.38.